The van der Waals surface area contributed by atoms with Crippen molar-refractivity contribution in [2.24, 2.45) is 5.92 Å². The van der Waals surface area contributed by atoms with E-state index in [1.807, 2.05) is 49.6 Å². The lowest BCUT2D eigenvalue weighted by Crippen LogP contribution is -2.45. The number of nitrogens with one attached hydrogen (secondary N) is 1. The number of aliphatic hydroxyl groups is 1. The van der Waals surface area contributed by atoms with Crippen LogP contribution in [0.2, 0.25) is 0 Å². The van der Waals surface area contributed by atoms with Gasteiger partial charge in [-0.1, -0.05) is 17.3 Å². The van der Waals surface area contributed by atoms with E-state index < -0.39 is 5.60 Å². The third-order valence-electron chi connectivity index (χ3n) is 6.96. The summed E-state index contributed by atoms with van der Waals surface area (Å²) in [4.78, 5) is 24.4. The normalized spacial score (nSPS) is 14.2. The molecule has 5 heterocycles. The molecule has 1 aliphatic rings. The fourth-order valence-corrected chi connectivity index (χ4v) is 4.81. The molecule has 41 heavy (non-hydrogen) atoms. The van der Waals surface area contributed by atoms with E-state index in [0.717, 1.165) is 16.7 Å². The van der Waals surface area contributed by atoms with Crippen molar-refractivity contribution in [1.82, 2.24) is 34.2 Å². The lowest BCUT2D eigenvalue weighted by Gasteiger charge is -2.33. The van der Waals surface area contributed by atoms with Gasteiger partial charge in [0.2, 0.25) is 11.7 Å². The van der Waals surface area contributed by atoms with Gasteiger partial charge in [-0.05, 0) is 44.5 Å². The smallest absolute Gasteiger partial charge is 0.274 e. The van der Waals surface area contributed by atoms with Crippen LogP contribution in [0.15, 0.2) is 59.6 Å². The van der Waals surface area contributed by atoms with Crippen molar-refractivity contribution in [2.75, 3.05) is 18.4 Å². The number of nitriles is 1. The van der Waals surface area contributed by atoms with Gasteiger partial charge in [0.05, 0.1) is 43.1 Å². The monoisotopic (exact) mass is 551 g/mol. The summed E-state index contributed by atoms with van der Waals surface area (Å²) in [7, 11) is 0. The number of aryl methyl sites for hydroxylation is 1. The first-order chi connectivity index (χ1) is 19.6. The van der Waals surface area contributed by atoms with E-state index in [9.17, 15) is 9.90 Å². The average Bonchev–Trinajstić information content (AvgIpc) is 3.66. The van der Waals surface area contributed by atoms with Gasteiger partial charge in [0.1, 0.15) is 11.3 Å². The first-order valence-electron chi connectivity index (χ1n) is 13.2. The van der Waals surface area contributed by atoms with E-state index in [-0.39, 0.29) is 11.8 Å². The molecular formula is C29H29N9O3. The lowest BCUT2D eigenvalue weighted by atomic mass is 10.0. The SMILES string of the molecule is Cc1ccc(-c2noc(CN3CC(C#N)C3)n2)cc1NC(=O)c1cnc2ccc(-c3cnn(CC(C)(C)O)c3)cn12. The quantitative estimate of drug-likeness (QED) is 0.295. The van der Waals surface area contributed by atoms with Gasteiger partial charge < -0.3 is 14.9 Å². The van der Waals surface area contributed by atoms with Gasteiger partial charge in [-0.3, -0.25) is 18.8 Å². The first kappa shape index (κ1) is 26.4. The number of carbonyl (C=O) groups is 1. The van der Waals surface area contributed by atoms with Crippen LogP contribution >= 0.6 is 0 Å². The van der Waals surface area contributed by atoms with Crippen molar-refractivity contribution in [3.63, 3.8) is 0 Å². The molecular weight excluding hydrogens is 522 g/mol. The van der Waals surface area contributed by atoms with E-state index in [4.69, 9.17) is 9.78 Å². The van der Waals surface area contributed by atoms with Crippen molar-refractivity contribution in [3.8, 4) is 28.6 Å². The molecule has 1 aliphatic heterocycles. The zero-order valence-electron chi connectivity index (χ0n) is 22.9. The van der Waals surface area contributed by atoms with Crippen molar-refractivity contribution in [3.05, 3.63) is 72.3 Å². The maximum atomic E-state index is 13.4. The van der Waals surface area contributed by atoms with Crippen LogP contribution in [0.4, 0.5) is 5.69 Å². The zero-order valence-corrected chi connectivity index (χ0v) is 22.9. The van der Waals surface area contributed by atoms with Crippen LogP contribution in [0.1, 0.15) is 35.8 Å². The molecule has 0 radical (unpaired) electrons. The Hall–Kier alpha value is -4.86. The number of nitrogens with zero attached hydrogens (tertiary/aromatic N) is 8. The van der Waals surface area contributed by atoms with Crippen LogP contribution in [-0.2, 0) is 13.1 Å². The fraction of sp³-hybridized carbons (Fsp3) is 0.310. The largest absolute Gasteiger partial charge is 0.389 e. The molecule has 0 unspecified atom stereocenters. The third-order valence-corrected chi connectivity index (χ3v) is 6.96. The van der Waals surface area contributed by atoms with Gasteiger partial charge in [0.25, 0.3) is 5.91 Å². The van der Waals surface area contributed by atoms with Crippen LogP contribution in [0, 0.1) is 24.2 Å². The van der Waals surface area contributed by atoms with Crippen molar-refractivity contribution in [2.45, 2.75) is 39.5 Å². The topological polar surface area (TPSA) is 150 Å². The first-order valence-corrected chi connectivity index (χ1v) is 13.2. The van der Waals surface area contributed by atoms with Gasteiger partial charge in [0, 0.05) is 47.9 Å². The molecule has 12 nitrogen and oxygen atoms in total. The van der Waals surface area contributed by atoms with E-state index in [0.29, 0.717) is 60.5 Å². The number of aromatic nitrogens is 6. The minimum absolute atomic E-state index is 0.0590. The van der Waals surface area contributed by atoms with E-state index in [1.165, 1.54) is 0 Å². The number of benzene rings is 1. The summed E-state index contributed by atoms with van der Waals surface area (Å²) in [5.74, 6) is 0.655. The Morgan fingerprint density at radius 1 is 1.17 bits per heavy atom. The summed E-state index contributed by atoms with van der Waals surface area (Å²) >= 11 is 0. The highest BCUT2D eigenvalue weighted by Gasteiger charge is 2.28. The summed E-state index contributed by atoms with van der Waals surface area (Å²) < 4.78 is 8.86. The molecule has 208 valence electrons. The highest BCUT2D eigenvalue weighted by molar-refractivity contribution is 6.04. The molecule has 1 aromatic carbocycles. The Kier molecular flexibility index (Phi) is 6.61. The van der Waals surface area contributed by atoms with Crippen molar-refractivity contribution in [1.29, 1.82) is 5.26 Å². The highest BCUT2D eigenvalue weighted by atomic mass is 16.5. The molecule has 0 aliphatic carbocycles. The molecule has 5 aromatic rings. The van der Waals surface area contributed by atoms with Crippen LogP contribution in [0.25, 0.3) is 28.2 Å². The maximum Gasteiger partial charge on any atom is 0.274 e. The number of anilines is 1. The Morgan fingerprint density at radius 3 is 2.76 bits per heavy atom. The second-order valence-corrected chi connectivity index (χ2v) is 11.0. The number of rotatable bonds is 8. The number of fused-ring (bicyclic) bond motifs is 1. The van der Waals surface area contributed by atoms with Crippen molar-refractivity contribution < 1.29 is 14.4 Å². The molecule has 2 N–H and O–H groups in total. The predicted octanol–water partition coefficient (Wildman–Crippen LogP) is 3.53. The summed E-state index contributed by atoms with van der Waals surface area (Å²) in [6.45, 7) is 7.63. The second-order valence-electron chi connectivity index (χ2n) is 11.0. The van der Waals surface area contributed by atoms with Crippen LogP contribution in [-0.4, -0.2) is 63.9 Å². The highest BCUT2D eigenvalue weighted by Crippen LogP contribution is 2.26. The number of likely N-dealkylation sites (tertiary alicyclic amines) is 1. The van der Waals surface area contributed by atoms with Gasteiger partial charge in [-0.15, -0.1) is 0 Å². The van der Waals surface area contributed by atoms with Crippen LogP contribution in [0.5, 0.6) is 0 Å². The van der Waals surface area contributed by atoms with Gasteiger partial charge in [-0.2, -0.15) is 15.3 Å². The van der Waals surface area contributed by atoms with Gasteiger partial charge in [0.15, 0.2) is 0 Å². The molecule has 6 rings (SSSR count). The van der Waals surface area contributed by atoms with Gasteiger partial charge >= 0.3 is 0 Å². The van der Waals surface area contributed by atoms with E-state index >= 15 is 0 Å². The Bertz CT molecular complexity index is 1780. The summed E-state index contributed by atoms with van der Waals surface area (Å²) in [6.07, 6.45) is 6.99. The number of carbonyl (C=O) groups excluding carboxylic acids is 1. The number of amides is 1. The summed E-state index contributed by atoms with van der Waals surface area (Å²) in [5, 5.41) is 30.5. The molecule has 1 amide bonds. The predicted molar refractivity (Wildman–Crippen MR) is 150 cm³/mol. The number of imidazole rings is 1. The summed E-state index contributed by atoms with van der Waals surface area (Å²) in [6, 6.07) is 11.6. The molecule has 12 heteroatoms. The van der Waals surface area contributed by atoms with Crippen LogP contribution < -0.4 is 5.32 Å². The minimum Gasteiger partial charge on any atom is -0.389 e. The standard InChI is InChI=1S/C29H29N9O3/c1-18-4-5-20(27-34-26(41-35-27)16-36-12-19(9-30)13-36)8-23(18)33-28(39)24-11-31-25-7-6-21(15-38(24)25)22-10-32-37(14-22)17-29(2,3)40/h4-8,10-11,14-15,19,40H,12-13,16-17H2,1-3H3,(H,33,39). The number of pyridine rings is 1. The third kappa shape index (κ3) is 5.58. The average molecular weight is 552 g/mol. The van der Waals surface area contributed by atoms with Gasteiger partial charge in [-0.25, -0.2) is 4.98 Å². The number of hydrogen-bond donors (Lipinski definition) is 2. The molecule has 1 fully saturated rings. The Labute approximate surface area is 235 Å². The maximum absolute atomic E-state index is 13.4. The minimum atomic E-state index is -0.888. The van der Waals surface area contributed by atoms with E-state index in [2.05, 4.69) is 36.5 Å². The van der Waals surface area contributed by atoms with E-state index in [1.54, 1.807) is 35.3 Å². The summed E-state index contributed by atoms with van der Waals surface area (Å²) in [5.41, 5.74) is 4.06. The van der Waals surface area contributed by atoms with Crippen molar-refractivity contribution >= 4 is 17.2 Å². The second kappa shape index (κ2) is 10.3. The Balaban J connectivity index is 1.20. The molecule has 0 bridgehead atoms. The molecule has 4 aromatic heterocycles. The molecule has 0 atom stereocenters. The molecule has 0 spiro atoms. The lowest BCUT2D eigenvalue weighted by molar-refractivity contribution is 0.0577. The number of hydrogen-bond acceptors (Lipinski definition) is 9. The fourth-order valence-electron chi connectivity index (χ4n) is 4.81. The zero-order chi connectivity index (χ0) is 28.7. The Morgan fingerprint density at radius 2 is 1.98 bits per heavy atom. The van der Waals surface area contributed by atoms with Crippen LogP contribution in [0.3, 0.4) is 0 Å². The molecule has 0 saturated carbocycles. The molecule has 1 saturated heterocycles.